The third kappa shape index (κ3) is 5.17. The summed E-state index contributed by atoms with van der Waals surface area (Å²) in [6.07, 6.45) is 4.37. The molecule has 0 saturated carbocycles. The number of ether oxygens (including phenoxy) is 2. The second kappa shape index (κ2) is 10.0. The van der Waals surface area contributed by atoms with Crippen LogP contribution in [0.4, 0.5) is 0 Å². The number of aromatic nitrogens is 2. The van der Waals surface area contributed by atoms with Gasteiger partial charge >= 0.3 is 0 Å². The molecule has 0 unspecified atom stereocenters. The molecule has 1 aliphatic rings. The molecule has 2 aromatic heterocycles. The number of hydrogen-bond acceptors (Lipinski definition) is 6. The summed E-state index contributed by atoms with van der Waals surface area (Å²) in [5.74, 6) is -0.514. The normalized spacial score (nSPS) is 15.9. The first-order valence-electron chi connectivity index (χ1n) is 10.1. The number of carbonyl (C=O) groups is 1. The molecule has 3 heterocycles. The minimum atomic E-state index is -0.624. The summed E-state index contributed by atoms with van der Waals surface area (Å²) in [7, 11) is 0. The number of halogens is 2. The van der Waals surface area contributed by atoms with E-state index in [9.17, 15) is 14.9 Å². The summed E-state index contributed by atoms with van der Waals surface area (Å²) in [5, 5.41) is 12.9. The van der Waals surface area contributed by atoms with E-state index >= 15 is 0 Å². The zero-order valence-corrected chi connectivity index (χ0v) is 18.8. The number of pyridine rings is 1. The molecule has 0 radical (unpaired) electrons. The van der Waals surface area contributed by atoms with Crippen LogP contribution in [0.3, 0.4) is 0 Å². The molecule has 168 valence electrons. The van der Waals surface area contributed by atoms with E-state index in [2.05, 4.69) is 10.3 Å². The van der Waals surface area contributed by atoms with E-state index in [1.54, 1.807) is 24.3 Å². The fourth-order valence-corrected chi connectivity index (χ4v) is 3.79. The second-order valence-electron chi connectivity index (χ2n) is 7.26. The van der Waals surface area contributed by atoms with E-state index < -0.39 is 11.5 Å². The van der Waals surface area contributed by atoms with Crippen LogP contribution in [-0.4, -0.2) is 34.5 Å². The first-order chi connectivity index (χ1) is 16.0. The van der Waals surface area contributed by atoms with Gasteiger partial charge in [-0.2, -0.15) is 10.2 Å². The van der Waals surface area contributed by atoms with Crippen LogP contribution < -0.4 is 15.6 Å². The number of nitrogens with zero attached hydrogens (tertiary/aromatic N) is 3. The smallest absolute Gasteiger partial charge is 0.269 e. The van der Waals surface area contributed by atoms with Crippen LogP contribution in [0.1, 0.15) is 18.4 Å². The molecule has 33 heavy (non-hydrogen) atoms. The van der Waals surface area contributed by atoms with Gasteiger partial charge in [-0.25, -0.2) is 0 Å². The maximum Gasteiger partial charge on any atom is 0.269 e. The number of nitriles is 1. The van der Waals surface area contributed by atoms with Crippen molar-refractivity contribution in [2.45, 2.75) is 18.9 Å². The summed E-state index contributed by atoms with van der Waals surface area (Å²) in [4.78, 5) is 30.2. The zero-order chi connectivity index (χ0) is 23.4. The van der Waals surface area contributed by atoms with E-state index in [0.717, 1.165) is 12.8 Å². The maximum atomic E-state index is 13.2. The van der Waals surface area contributed by atoms with Gasteiger partial charge in [0.2, 0.25) is 5.88 Å². The topological polar surface area (TPSA) is 106 Å². The number of hydrogen-bond donors (Lipinski definition) is 1. The molecule has 8 nitrogen and oxygen atoms in total. The van der Waals surface area contributed by atoms with E-state index in [1.807, 2.05) is 6.07 Å². The van der Waals surface area contributed by atoms with Crippen LogP contribution in [-0.2, 0) is 9.53 Å². The molecule has 3 aromatic rings. The summed E-state index contributed by atoms with van der Waals surface area (Å²) in [6.45, 7) is 0.922. The summed E-state index contributed by atoms with van der Waals surface area (Å²) >= 11 is 12.2. The van der Waals surface area contributed by atoms with Crippen LogP contribution in [0.5, 0.6) is 11.6 Å². The Bertz CT molecular complexity index is 1340. The Morgan fingerprint density at radius 2 is 2.21 bits per heavy atom. The average molecular weight is 485 g/mol. The van der Waals surface area contributed by atoms with Crippen molar-refractivity contribution in [2.75, 3.05) is 13.2 Å². The quantitative estimate of drug-likeness (QED) is 0.418. The van der Waals surface area contributed by atoms with Gasteiger partial charge in [-0.1, -0.05) is 29.3 Å². The van der Waals surface area contributed by atoms with Gasteiger partial charge in [0.15, 0.2) is 0 Å². The Balaban J connectivity index is 1.74. The number of fused-ring (bicyclic) bond motifs is 1. The summed E-state index contributed by atoms with van der Waals surface area (Å²) in [5.41, 5.74) is -0.537. The van der Waals surface area contributed by atoms with Crippen molar-refractivity contribution >= 4 is 40.8 Å². The van der Waals surface area contributed by atoms with Gasteiger partial charge in [0.1, 0.15) is 28.6 Å². The van der Waals surface area contributed by atoms with Crippen molar-refractivity contribution < 1.29 is 14.3 Å². The van der Waals surface area contributed by atoms with Crippen LogP contribution >= 0.6 is 23.2 Å². The lowest BCUT2D eigenvalue weighted by atomic mass is 10.1. The molecular formula is C23H18Cl2N4O4. The van der Waals surface area contributed by atoms with Gasteiger partial charge in [0.05, 0.1) is 11.1 Å². The van der Waals surface area contributed by atoms with Crippen molar-refractivity contribution in [3.8, 4) is 17.7 Å². The lowest BCUT2D eigenvalue weighted by Crippen LogP contribution is -2.32. The van der Waals surface area contributed by atoms with Crippen molar-refractivity contribution in [3.05, 3.63) is 74.1 Å². The number of amides is 1. The molecule has 10 heteroatoms. The highest BCUT2D eigenvalue weighted by Crippen LogP contribution is 2.32. The van der Waals surface area contributed by atoms with Crippen molar-refractivity contribution in [3.63, 3.8) is 0 Å². The van der Waals surface area contributed by atoms with Crippen molar-refractivity contribution in [2.24, 2.45) is 0 Å². The molecule has 1 aliphatic heterocycles. The summed E-state index contributed by atoms with van der Waals surface area (Å²) < 4.78 is 12.6. The largest absolute Gasteiger partial charge is 0.437 e. The third-order valence-electron chi connectivity index (χ3n) is 5.00. The third-order valence-corrected chi connectivity index (χ3v) is 5.53. The number of carbonyl (C=O) groups excluding carboxylic acids is 1. The van der Waals surface area contributed by atoms with Gasteiger partial charge in [0, 0.05) is 24.4 Å². The van der Waals surface area contributed by atoms with Crippen LogP contribution in [0.15, 0.2) is 53.0 Å². The molecule has 0 spiro atoms. The predicted molar refractivity (Wildman–Crippen MR) is 124 cm³/mol. The van der Waals surface area contributed by atoms with Crippen LogP contribution in [0, 0.1) is 11.3 Å². The molecule has 1 amide bonds. The van der Waals surface area contributed by atoms with Crippen LogP contribution in [0.2, 0.25) is 10.0 Å². The monoisotopic (exact) mass is 484 g/mol. The van der Waals surface area contributed by atoms with E-state index in [4.69, 9.17) is 32.7 Å². The van der Waals surface area contributed by atoms with E-state index in [0.29, 0.717) is 17.3 Å². The van der Waals surface area contributed by atoms with E-state index in [1.165, 1.54) is 28.8 Å². The molecular weight excluding hydrogens is 467 g/mol. The fourth-order valence-electron chi connectivity index (χ4n) is 3.35. The Hall–Kier alpha value is -3.38. The first kappa shape index (κ1) is 22.8. The Kier molecular flexibility index (Phi) is 6.94. The Labute approximate surface area is 199 Å². The minimum Gasteiger partial charge on any atom is -0.437 e. The molecule has 0 bridgehead atoms. The van der Waals surface area contributed by atoms with Gasteiger partial charge < -0.3 is 14.8 Å². The number of nitrogens with one attached hydrogen (secondary N) is 1. The fraction of sp³-hybridized carbons (Fsp3) is 0.217. The predicted octanol–water partition coefficient (Wildman–Crippen LogP) is 4.00. The first-order valence-corrected chi connectivity index (χ1v) is 10.9. The SMILES string of the molecule is N#C/C(=C\c1c(Oc2ccc(Cl)cc2Cl)nc2ccccn2c1=O)C(=O)NC[C@@H]1CCCO1. The average Bonchev–Trinajstić information content (AvgIpc) is 3.33. The molecule has 4 rings (SSSR count). The molecule has 1 N–H and O–H groups in total. The molecule has 1 saturated heterocycles. The second-order valence-corrected chi connectivity index (χ2v) is 8.10. The zero-order valence-electron chi connectivity index (χ0n) is 17.3. The van der Waals surface area contributed by atoms with Crippen molar-refractivity contribution in [1.29, 1.82) is 5.26 Å². The van der Waals surface area contributed by atoms with Crippen molar-refractivity contribution in [1.82, 2.24) is 14.7 Å². The lowest BCUT2D eigenvalue weighted by Gasteiger charge is -2.12. The van der Waals surface area contributed by atoms with Gasteiger partial charge in [-0.15, -0.1) is 0 Å². The number of benzene rings is 1. The highest BCUT2D eigenvalue weighted by Gasteiger charge is 2.20. The van der Waals surface area contributed by atoms with Crippen LogP contribution in [0.25, 0.3) is 11.7 Å². The molecule has 1 aromatic carbocycles. The van der Waals surface area contributed by atoms with E-state index in [-0.39, 0.29) is 40.4 Å². The molecule has 1 fully saturated rings. The van der Waals surface area contributed by atoms with Gasteiger partial charge in [-0.05, 0) is 49.2 Å². The lowest BCUT2D eigenvalue weighted by molar-refractivity contribution is -0.117. The molecule has 1 atom stereocenters. The Morgan fingerprint density at radius 3 is 2.94 bits per heavy atom. The van der Waals surface area contributed by atoms with Gasteiger partial charge in [0.25, 0.3) is 11.5 Å². The highest BCUT2D eigenvalue weighted by molar-refractivity contribution is 6.35. The number of rotatable bonds is 6. The summed E-state index contributed by atoms with van der Waals surface area (Å²) in [6, 6.07) is 11.5. The highest BCUT2D eigenvalue weighted by atomic mass is 35.5. The van der Waals surface area contributed by atoms with Gasteiger partial charge in [-0.3, -0.25) is 14.0 Å². The maximum absolute atomic E-state index is 13.2. The standard InChI is InChI=1S/C23H18Cl2N4O4/c24-15-6-7-19(18(25)11-15)33-22-17(23(31)29-8-2-1-5-20(29)28-22)10-14(12-26)21(30)27-13-16-4-3-9-32-16/h1-2,5-8,10-11,16H,3-4,9,13H2,(H,27,30)/b14-10+/t16-/m0/s1. The molecule has 0 aliphatic carbocycles. The Morgan fingerprint density at radius 1 is 1.36 bits per heavy atom. The minimum absolute atomic E-state index is 0.0754.